The molecule has 0 spiro atoms. The molecule has 0 saturated carbocycles. The van der Waals surface area contributed by atoms with Crippen LogP contribution in [0.2, 0.25) is 0 Å². The van der Waals surface area contributed by atoms with E-state index in [2.05, 4.69) is 5.32 Å². The monoisotopic (exact) mass is 234 g/mol. The van der Waals surface area contributed by atoms with Crippen LogP contribution in [0.5, 0.6) is 0 Å². The van der Waals surface area contributed by atoms with Gasteiger partial charge in [0.05, 0.1) is 12.3 Å². The lowest BCUT2D eigenvalue weighted by atomic mass is 10.1. The molecule has 1 heterocycles. The Morgan fingerprint density at radius 1 is 1.47 bits per heavy atom. The second-order valence-electron chi connectivity index (χ2n) is 4.22. The average Bonchev–Trinajstić information content (AvgIpc) is 2.60. The highest BCUT2D eigenvalue weighted by Gasteiger charge is 2.36. The van der Waals surface area contributed by atoms with E-state index in [0.717, 1.165) is 16.8 Å². The topological polar surface area (TPSA) is 41.6 Å². The highest BCUT2D eigenvalue weighted by atomic mass is 16.5. The maximum atomic E-state index is 12.3. The van der Waals surface area contributed by atoms with Crippen LogP contribution in [0.1, 0.15) is 17.2 Å². The van der Waals surface area contributed by atoms with Crippen LogP contribution >= 0.6 is 0 Å². The van der Waals surface area contributed by atoms with E-state index in [9.17, 15) is 4.79 Å². The van der Waals surface area contributed by atoms with Crippen LogP contribution in [0.15, 0.2) is 18.2 Å². The van der Waals surface area contributed by atoms with E-state index < -0.39 is 0 Å². The number of benzene rings is 1. The van der Waals surface area contributed by atoms with E-state index >= 15 is 0 Å². The molecule has 4 nitrogen and oxygen atoms in total. The Morgan fingerprint density at radius 2 is 2.24 bits per heavy atom. The highest BCUT2D eigenvalue weighted by Crippen LogP contribution is 2.37. The summed E-state index contributed by atoms with van der Waals surface area (Å²) in [5, 5.41) is 3.07. The summed E-state index contributed by atoms with van der Waals surface area (Å²) in [5.41, 5.74) is 3.23. The van der Waals surface area contributed by atoms with Gasteiger partial charge in [0.1, 0.15) is 6.04 Å². The molecule has 0 aliphatic carbocycles. The molecular formula is C13H18N2O2. The number of nitrogens with zero attached hydrogens (tertiary/aromatic N) is 1. The molecule has 1 N–H and O–H groups in total. The van der Waals surface area contributed by atoms with E-state index in [1.165, 1.54) is 0 Å². The van der Waals surface area contributed by atoms with E-state index in [4.69, 9.17) is 4.74 Å². The van der Waals surface area contributed by atoms with E-state index in [1.807, 2.05) is 37.1 Å². The number of hydrogen-bond donors (Lipinski definition) is 1. The molecule has 1 aliphatic heterocycles. The van der Waals surface area contributed by atoms with Gasteiger partial charge in [0, 0.05) is 19.2 Å². The minimum Gasteiger partial charge on any atom is -0.383 e. The maximum absolute atomic E-state index is 12.3. The Morgan fingerprint density at radius 3 is 2.88 bits per heavy atom. The van der Waals surface area contributed by atoms with Crippen molar-refractivity contribution in [2.75, 3.05) is 32.2 Å². The van der Waals surface area contributed by atoms with Gasteiger partial charge < -0.3 is 15.0 Å². The lowest BCUT2D eigenvalue weighted by molar-refractivity contribution is -0.120. The second-order valence-corrected chi connectivity index (χ2v) is 4.22. The number of likely N-dealkylation sites (N-methyl/N-ethyl adjacent to an activating group) is 1. The molecule has 1 unspecified atom stereocenters. The first-order valence-electron chi connectivity index (χ1n) is 5.77. The number of amides is 1. The average molecular weight is 234 g/mol. The molecule has 1 aromatic rings. The largest absolute Gasteiger partial charge is 0.383 e. The third-order valence-electron chi connectivity index (χ3n) is 3.17. The molecule has 92 valence electrons. The summed E-state index contributed by atoms with van der Waals surface area (Å²) >= 11 is 0. The zero-order chi connectivity index (χ0) is 12.4. The summed E-state index contributed by atoms with van der Waals surface area (Å²) in [4.78, 5) is 14.1. The van der Waals surface area contributed by atoms with Crippen molar-refractivity contribution in [1.82, 2.24) is 5.32 Å². The molecule has 0 bridgehead atoms. The number of anilines is 1. The van der Waals surface area contributed by atoms with Gasteiger partial charge in [-0.1, -0.05) is 18.2 Å². The van der Waals surface area contributed by atoms with Gasteiger partial charge in [-0.3, -0.25) is 4.79 Å². The van der Waals surface area contributed by atoms with Gasteiger partial charge in [-0.25, -0.2) is 0 Å². The Balaban J connectivity index is 2.41. The maximum Gasteiger partial charge on any atom is 0.248 e. The third-order valence-corrected chi connectivity index (χ3v) is 3.17. The number of para-hydroxylation sites is 1. The molecule has 17 heavy (non-hydrogen) atoms. The van der Waals surface area contributed by atoms with Gasteiger partial charge in [-0.2, -0.15) is 0 Å². The lowest BCUT2D eigenvalue weighted by Gasteiger charge is -2.18. The summed E-state index contributed by atoms with van der Waals surface area (Å²) in [6.07, 6.45) is 0. The number of carbonyl (C=O) groups is 1. The molecule has 0 fully saturated rings. The van der Waals surface area contributed by atoms with Crippen molar-refractivity contribution in [2.45, 2.75) is 13.0 Å². The fourth-order valence-corrected chi connectivity index (χ4v) is 2.37. The molecule has 4 heteroatoms. The molecule has 1 aliphatic rings. The molecule has 1 atom stereocenters. The van der Waals surface area contributed by atoms with Crippen LogP contribution in [-0.4, -0.2) is 33.2 Å². The molecular weight excluding hydrogens is 216 g/mol. The van der Waals surface area contributed by atoms with Gasteiger partial charge in [0.25, 0.3) is 0 Å². The van der Waals surface area contributed by atoms with Gasteiger partial charge in [0.15, 0.2) is 0 Å². The van der Waals surface area contributed by atoms with Crippen molar-refractivity contribution in [3.63, 3.8) is 0 Å². The molecule has 0 aromatic heterocycles. The SMILES string of the molecule is CNC1C(=O)N(CCOC)c2c(C)cccc21. The Kier molecular flexibility index (Phi) is 3.45. The van der Waals surface area contributed by atoms with Crippen LogP contribution in [-0.2, 0) is 9.53 Å². The lowest BCUT2D eigenvalue weighted by Crippen LogP contribution is -2.35. The minimum absolute atomic E-state index is 0.105. The van der Waals surface area contributed by atoms with Gasteiger partial charge in [0.2, 0.25) is 5.91 Å². The van der Waals surface area contributed by atoms with Gasteiger partial charge in [-0.15, -0.1) is 0 Å². The van der Waals surface area contributed by atoms with E-state index in [-0.39, 0.29) is 11.9 Å². The quantitative estimate of drug-likeness (QED) is 0.852. The van der Waals surface area contributed by atoms with E-state index in [1.54, 1.807) is 7.11 Å². The summed E-state index contributed by atoms with van der Waals surface area (Å²) < 4.78 is 5.06. The predicted molar refractivity (Wildman–Crippen MR) is 67.2 cm³/mol. The first-order valence-corrected chi connectivity index (χ1v) is 5.77. The molecule has 0 radical (unpaired) electrons. The van der Waals surface area contributed by atoms with Gasteiger partial charge >= 0.3 is 0 Å². The number of ether oxygens (including phenoxy) is 1. The van der Waals surface area contributed by atoms with Crippen molar-refractivity contribution < 1.29 is 9.53 Å². The first-order chi connectivity index (χ1) is 8.20. The number of fused-ring (bicyclic) bond motifs is 1. The minimum atomic E-state index is -0.221. The number of aryl methyl sites for hydroxylation is 1. The van der Waals surface area contributed by atoms with Crippen molar-refractivity contribution in [1.29, 1.82) is 0 Å². The summed E-state index contributed by atoms with van der Waals surface area (Å²) in [7, 11) is 3.46. The number of rotatable bonds is 4. The first kappa shape index (κ1) is 12.1. The number of methoxy groups -OCH3 is 1. The van der Waals surface area contributed by atoms with Crippen molar-refractivity contribution >= 4 is 11.6 Å². The standard InChI is InChI=1S/C13H18N2O2/c1-9-5-4-6-10-11(14-2)13(16)15(12(9)10)7-8-17-3/h4-6,11,14H,7-8H2,1-3H3. The number of carbonyl (C=O) groups excluding carboxylic acids is 1. The Bertz CT molecular complexity index is 431. The van der Waals surface area contributed by atoms with Crippen LogP contribution < -0.4 is 10.2 Å². The summed E-state index contributed by atoms with van der Waals surface area (Å²) in [6.45, 7) is 3.19. The van der Waals surface area contributed by atoms with E-state index in [0.29, 0.717) is 13.2 Å². The summed E-state index contributed by atoms with van der Waals surface area (Å²) in [6, 6.07) is 5.81. The zero-order valence-electron chi connectivity index (χ0n) is 10.5. The fraction of sp³-hybridized carbons (Fsp3) is 0.462. The zero-order valence-corrected chi connectivity index (χ0v) is 10.5. The molecule has 1 amide bonds. The number of hydrogen-bond acceptors (Lipinski definition) is 3. The third kappa shape index (κ3) is 1.94. The van der Waals surface area contributed by atoms with Crippen LogP contribution in [0.3, 0.4) is 0 Å². The fourth-order valence-electron chi connectivity index (χ4n) is 2.37. The highest BCUT2D eigenvalue weighted by molar-refractivity contribution is 6.05. The van der Waals surface area contributed by atoms with Crippen molar-refractivity contribution in [2.24, 2.45) is 0 Å². The Labute approximate surface area is 102 Å². The predicted octanol–water partition coefficient (Wildman–Crippen LogP) is 1.25. The van der Waals surface area contributed by atoms with Crippen molar-refractivity contribution in [3.8, 4) is 0 Å². The van der Waals surface area contributed by atoms with Crippen LogP contribution in [0, 0.1) is 6.92 Å². The van der Waals surface area contributed by atoms with Crippen molar-refractivity contribution in [3.05, 3.63) is 29.3 Å². The Hall–Kier alpha value is -1.39. The van der Waals surface area contributed by atoms with Gasteiger partial charge in [-0.05, 0) is 19.5 Å². The number of nitrogens with one attached hydrogen (secondary N) is 1. The molecule has 1 aromatic carbocycles. The molecule has 0 saturated heterocycles. The smallest absolute Gasteiger partial charge is 0.248 e. The normalized spacial score (nSPS) is 18.6. The van der Waals surface area contributed by atoms with Crippen LogP contribution in [0.4, 0.5) is 5.69 Å². The second kappa shape index (κ2) is 4.85. The van der Waals surface area contributed by atoms with Crippen LogP contribution in [0.25, 0.3) is 0 Å². The summed E-state index contributed by atoms with van der Waals surface area (Å²) in [5.74, 6) is 0.105. The molecule has 2 rings (SSSR count).